The van der Waals surface area contributed by atoms with E-state index in [9.17, 15) is 4.79 Å². The lowest BCUT2D eigenvalue weighted by Crippen LogP contribution is -2.44. The van der Waals surface area contributed by atoms with Gasteiger partial charge in [-0.15, -0.1) is 0 Å². The molecule has 1 unspecified atom stereocenters. The third-order valence-corrected chi connectivity index (χ3v) is 3.33. The Balaban J connectivity index is 3.14. The maximum atomic E-state index is 11.8. The summed E-state index contributed by atoms with van der Waals surface area (Å²) in [6, 6.07) is 0. The molecule has 0 amide bonds. The van der Waals surface area contributed by atoms with E-state index in [1.807, 2.05) is 11.5 Å². The molecule has 0 radical (unpaired) electrons. The van der Waals surface area contributed by atoms with E-state index in [1.54, 1.807) is 13.3 Å². The van der Waals surface area contributed by atoms with Crippen molar-refractivity contribution in [2.24, 2.45) is 11.7 Å². The first-order valence-electron chi connectivity index (χ1n) is 5.87. The molecule has 1 heterocycles. The van der Waals surface area contributed by atoms with Gasteiger partial charge in [0, 0.05) is 6.54 Å². The number of esters is 1. The molecule has 5 heteroatoms. The fourth-order valence-corrected chi connectivity index (χ4v) is 1.67. The summed E-state index contributed by atoms with van der Waals surface area (Å²) in [4.78, 5) is 15.8. The molecule has 1 aromatic rings. The molecule has 0 spiro atoms. The molecule has 0 bridgehead atoms. The van der Waals surface area contributed by atoms with E-state index in [0.29, 0.717) is 18.8 Å². The van der Waals surface area contributed by atoms with Gasteiger partial charge in [0.1, 0.15) is 5.69 Å². The van der Waals surface area contributed by atoms with E-state index in [-0.39, 0.29) is 17.4 Å². The minimum absolute atomic E-state index is 0.287. The normalized spacial score (nSPS) is 14.7. The van der Waals surface area contributed by atoms with Gasteiger partial charge in [0.25, 0.3) is 0 Å². The molecule has 0 aliphatic heterocycles. The van der Waals surface area contributed by atoms with E-state index in [1.165, 1.54) is 6.20 Å². The Labute approximate surface area is 102 Å². The van der Waals surface area contributed by atoms with Crippen molar-refractivity contribution in [3.63, 3.8) is 0 Å². The summed E-state index contributed by atoms with van der Waals surface area (Å²) in [6.45, 7) is 8.73. The third kappa shape index (κ3) is 2.49. The van der Waals surface area contributed by atoms with Crippen molar-refractivity contribution < 1.29 is 9.53 Å². The minimum atomic E-state index is -0.356. The van der Waals surface area contributed by atoms with Crippen molar-refractivity contribution in [3.05, 3.63) is 18.2 Å². The Hall–Kier alpha value is -1.36. The van der Waals surface area contributed by atoms with Gasteiger partial charge in [-0.05, 0) is 19.8 Å². The molecule has 0 fully saturated rings. The second-order valence-electron chi connectivity index (χ2n) is 4.59. The zero-order valence-electron chi connectivity index (χ0n) is 10.9. The molecular weight excluding hydrogens is 218 g/mol. The molecule has 1 aromatic heterocycles. The van der Waals surface area contributed by atoms with Gasteiger partial charge < -0.3 is 15.0 Å². The lowest BCUT2D eigenvalue weighted by atomic mass is 9.88. The Morgan fingerprint density at radius 3 is 2.76 bits per heavy atom. The maximum absolute atomic E-state index is 11.8. The zero-order valence-corrected chi connectivity index (χ0v) is 10.9. The van der Waals surface area contributed by atoms with E-state index in [0.717, 1.165) is 0 Å². The summed E-state index contributed by atoms with van der Waals surface area (Å²) in [5.41, 5.74) is 5.96. The summed E-state index contributed by atoms with van der Waals surface area (Å²) in [6.07, 6.45) is 3.16. The molecule has 1 atom stereocenters. The number of rotatable bonds is 5. The Bertz CT molecular complexity index is 387. The number of hydrogen-bond acceptors (Lipinski definition) is 4. The number of nitrogens with two attached hydrogens (primary N) is 1. The number of aromatic nitrogens is 2. The van der Waals surface area contributed by atoms with E-state index < -0.39 is 0 Å². The van der Waals surface area contributed by atoms with Gasteiger partial charge in [-0.2, -0.15) is 0 Å². The van der Waals surface area contributed by atoms with Crippen molar-refractivity contribution in [1.29, 1.82) is 0 Å². The molecular formula is C12H21N3O2. The molecule has 0 aliphatic carbocycles. The van der Waals surface area contributed by atoms with E-state index in [4.69, 9.17) is 10.5 Å². The molecule has 96 valence electrons. The Kier molecular flexibility index (Phi) is 4.28. The van der Waals surface area contributed by atoms with Crippen molar-refractivity contribution in [1.82, 2.24) is 9.55 Å². The highest BCUT2D eigenvalue weighted by molar-refractivity contribution is 5.87. The predicted octanol–water partition coefficient (Wildman–Crippen LogP) is 1.39. The maximum Gasteiger partial charge on any atom is 0.356 e. The largest absolute Gasteiger partial charge is 0.461 e. The van der Waals surface area contributed by atoms with E-state index >= 15 is 0 Å². The van der Waals surface area contributed by atoms with E-state index in [2.05, 4.69) is 18.8 Å². The number of ether oxygens (including phenoxy) is 1. The molecule has 0 aromatic carbocycles. The molecule has 0 saturated heterocycles. The first-order valence-corrected chi connectivity index (χ1v) is 5.87. The van der Waals surface area contributed by atoms with Crippen LogP contribution in [0.1, 0.15) is 38.2 Å². The quantitative estimate of drug-likeness (QED) is 0.788. The van der Waals surface area contributed by atoms with Crippen LogP contribution in [0.2, 0.25) is 0 Å². The lowest BCUT2D eigenvalue weighted by Gasteiger charge is -2.35. The molecule has 2 N–H and O–H groups in total. The topological polar surface area (TPSA) is 70.1 Å². The standard InChI is InChI=1S/C12H21N3O2/c1-5-17-11(16)10-6-14-8-15(10)12(4,7-13)9(2)3/h6,8-9H,5,7,13H2,1-4H3. The first-order chi connectivity index (χ1) is 7.97. The van der Waals surface area contributed by atoms with Crippen LogP contribution in [-0.2, 0) is 10.3 Å². The molecule has 0 saturated carbocycles. The zero-order chi connectivity index (χ0) is 13.1. The van der Waals surface area contributed by atoms with Crippen LogP contribution in [0.15, 0.2) is 12.5 Å². The van der Waals surface area contributed by atoms with Gasteiger partial charge in [0.15, 0.2) is 0 Å². The van der Waals surface area contributed by atoms with Crippen molar-refractivity contribution in [3.8, 4) is 0 Å². The Morgan fingerprint density at radius 2 is 2.29 bits per heavy atom. The number of carbonyl (C=O) groups excluding carboxylic acids is 1. The van der Waals surface area contributed by atoms with Crippen molar-refractivity contribution >= 4 is 5.97 Å². The van der Waals surface area contributed by atoms with Gasteiger partial charge in [-0.25, -0.2) is 9.78 Å². The van der Waals surface area contributed by atoms with Gasteiger partial charge in [0.2, 0.25) is 0 Å². The summed E-state index contributed by atoms with van der Waals surface area (Å²) in [5.74, 6) is -0.0693. The lowest BCUT2D eigenvalue weighted by molar-refractivity contribution is 0.0500. The number of imidazole rings is 1. The van der Waals surface area contributed by atoms with Crippen LogP contribution in [0.25, 0.3) is 0 Å². The fourth-order valence-electron chi connectivity index (χ4n) is 1.67. The van der Waals surface area contributed by atoms with Crippen LogP contribution in [0, 0.1) is 5.92 Å². The highest BCUT2D eigenvalue weighted by Crippen LogP contribution is 2.26. The molecule has 17 heavy (non-hydrogen) atoms. The molecule has 5 nitrogen and oxygen atoms in total. The average Bonchev–Trinajstić information content (AvgIpc) is 2.77. The van der Waals surface area contributed by atoms with Crippen molar-refractivity contribution in [2.45, 2.75) is 33.2 Å². The minimum Gasteiger partial charge on any atom is -0.461 e. The van der Waals surface area contributed by atoms with Crippen LogP contribution >= 0.6 is 0 Å². The monoisotopic (exact) mass is 239 g/mol. The summed E-state index contributed by atoms with van der Waals surface area (Å²) in [5, 5.41) is 0. The van der Waals surface area contributed by atoms with Crippen LogP contribution in [-0.4, -0.2) is 28.7 Å². The summed E-state index contributed by atoms with van der Waals surface area (Å²) >= 11 is 0. The molecule has 1 rings (SSSR count). The van der Waals surface area contributed by atoms with Crippen LogP contribution in [0.4, 0.5) is 0 Å². The highest BCUT2D eigenvalue weighted by Gasteiger charge is 2.32. The van der Waals surface area contributed by atoms with Gasteiger partial charge >= 0.3 is 5.97 Å². The fraction of sp³-hybridized carbons (Fsp3) is 0.667. The SMILES string of the molecule is CCOC(=O)c1cncn1C(C)(CN)C(C)C. The number of hydrogen-bond donors (Lipinski definition) is 1. The summed E-state index contributed by atoms with van der Waals surface area (Å²) in [7, 11) is 0. The average molecular weight is 239 g/mol. The second-order valence-corrected chi connectivity index (χ2v) is 4.59. The van der Waals surface area contributed by atoms with Crippen LogP contribution in [0.5, 0.6) is 0 Å². The molecule has 0 aliphatic rings. The number of nitrogens with zero attached hydrogens (tertiary/aromatic N) is 2. The van der Waals surface area contributed by atoms with Gasteiger partial charge in [0.05, 0.1) is 24.7 Å². The smallest absolute Gasteiger partial charge is 0.356 e. The Morgan fingerprint density at radius 1 is 1.65 bits per heavy atom. The summed E-state index contributed by atoms with van der Waals surface area (Å²) < 4.78 is 6.82. The third-order valence-electron chi connectivity index (χ3n) is 3.33. The predicted molar refractivity (Wildman–Crippen MR) is 65.7 cm³/mol. The van der Waals surface area contributed by atoms with Crippen LogP contribution in [0.3, 0.4) is 0 Å². The second kappa shape index (κ2) is 5.31. The van der Waals surface area contributed by atoms with Gasteiger partial charge in [-0.3, -0.25) is 0 Å². The van der Waals surface area contributed by atoms with Crippen LogP contribution < -0.4 is 5.73 Å². The van der Waals surface area contributed by atoms with Gasteiger partial charge in [-0.1, -0.05) is 13.8 Å². The first kappa shape index (κ1) is 13.7. The number of carbonyl (C=O) groups is 1. The highest BCUT2D eigenvalue weighted by atomic mass is 16.5. The van der Waals surface area contributed by atoms with Crippen molar-refractivity contribution in [2.75, 3.05) is 13.2 Å².